The van der Waals surface area contributed by atoms with E-state index in [0.717, 1.165) is 35.2 Å². The number of nitrogens with zero attached hydrogens (tertiary/aromatic N) is 4. The summed E-state index contributed by atoms with van der Waals surface area (Å²) in [6, 6.07) is 6.28. The molecular weight excluding hydrogens is 591 g/mol. The number of nitrogens with one attached hydrogen (secondary N) is 3. The van der Waals surface area contributed by atoms with Crippen LogP contribution in [0.25, 0.3) is 10.9 Å². The van der Waals surface area contributed by atoms with E-state index in [2.05, 4.69) is 30.9 Å². The Hall–Kier alpha value is -3.91. The number of carbonyl (C=O) groups excluding carboxylic acids is 2. The van der Waals surface area contributed by atoms with Gasteiger partial charge in [0.25, 0.3) is 0 Å². The number of likely N-dealkylation sites (tertiary alicyclic amines) is 1. The van der Waals surface area contributed by atoms with Crippen LogP contribution < -0.4 is 20.7 Å². The molecule has 1 aliphatic heterocycles. The smallest absolute Gasteiger partial charge is 0.416 e. The number of halogens is 3. The number of amides is 2. The Morgan fingerprint density at radius 3 is 2.42 bits per heavy atom. The SMILES string of the molecule is CCOc1ccc([C@]2(O)CC[C@H](N3CC(NC(=O)CNc4nn(C(=O)NC(C)(C)C)c5ccc(C(F)(F)F)cc45)C3)CC2)cn1. The number of aromatic nitrogens is 3. The van der Waals surface area contributed by atoms with Crippen LogP contribution >= 0.6 is 0 Å². The van der Waals surface area contributed by atoms with Gasteiger partial charge in [-0.1, -0.05) is 0 Å². The lowest BCUT2D eigenvalue weighted by Crippen LogP contribution is -2.63. The van der Waals surface area contributed by atoms with E-state index in [4.69, 9.17) is 4.74 Å². The monoisotopic (exact) mass is 631 g/mol. The van der Waals surface area contributed by atoms with Crippen LogP contribution in [0.15, 0.2) is 36.5 Å². The Labute approximate surface area is 259 Å². The highest BCUT2D eigenvalue weighted by molar-refractivity contribution is 5.98. The molecule has 14 heteroatoms. The van der Waals surface area contributed by atoms with Gasteiger partial charge in [-0.15, -0.1) is 5.10 Å². The van der Waals surface area contributed by atoms with Crippen molar-refractivity contribution in [2.24, 2.45) is 0 Å². The van der Waals surface area contributed by atoms with E-state index in [9.17, 15) is 27.9 Å². The Kier molecular flexibility index (Phi) is 9.00. The zero-order valence-corrected chi connectivity index (χ0v) is 25.9. The van der Waals surface area contributed by atoms with Crippen LogP contribution in [0, 0.1) is 0 Å². The number of alkyl halides is 3. The van der Waals surface area contributed by atoms with E-state index in [1.807, 2.05) is 13.0 Å². The number of rotatable bonds is 8. The normalized spacial score (nSPS) is 21.3. The van der Waals surface area contributed by atoms with E-state index in [1.165, 1.54) is 6.07 Å². The summed E-state index contributed by atoms with van der Waals surface area (Å²) < 4.78 is 46.7. The van der Waals surface area contributed by atoms with Crippen molar-refractivity contribution in [3.05, 3.63) is 47.7 Å². The molecule has 0 bridgehead atoms. The molecule has 1 saturated heterocycles. The molecule has 45 heavy (non-hydrogen) atoms. The number of anilines is 1. The van der Waals surface area contributed by atoms with Crippen LogP contribution in [-0.4, -0.2) is 80.6 Å². The maximum absolute atomic E-state index is 13.4. The standard InChI is InChI=1S/C31H40F3N7O4/c1-5-45-26-9-7-20(15-35-26)30(44)12-10-22(11-13-30)40-17-21(18-40)37-25(42)16-36-27-23-14-19(31(32,33)34)6-8-24(23)41(39-27)28(43)38-29(2,3)4/h6-9,14-15,21-22,44H,5,10-13,16-18H2,1-4H3,(H,36,39)(H,37,42)(H,38,43)/t22-,30-. The number of benzene rings is 1. The van der Waals surface area contributed by atoms with Gasteiger partial charge in [0.1, 0.15) is 0 Å². The molecular formula is C31H40F3N7O4. The summed E-state index contributed by atoms with van der Waals surface area (Å²) in [5.74, 6) is 0.196. The summed E-state index contributed by atoms with van der Waals surface area (Å²) in [7, 11) is 0. The maximum Gasteiger partial charge on any atom is 0.416 e. The van der Waals surface area contributed by atoms with Gasteiger partial charge < -0.3 is 25.8 Å². The predicted molar refractivity (Wildman–Crippen MR) is 162 cm³/mol. The minimum absolute atomic E-state index is 0.00275. The van der Waals surface area contributed by atoms with Crippen molar-refractivity contribution in [3.8, 4) is 5.88 Å². The third-order valence-electron chi connectivity index (χ3n) is 8.24. The van der Waals surface area contributed by atoms with Gasteiger partial charge in [-0.05, 0) is 77.6 Å². The predicted octanol–water partition coefficient (Wildman–Crippen LogP) is 4.25. The largest absolute Gasteiger partial charge is 0.478 e. The highest BCUT2D eigenvalue weighted by atomic mass is 19.4. The quantitative estimate of drug-likeness (QED) is 0.290. The first-order valence-electron chi connectivity index (χ1n) is 15.2. The molecule has 4 N–H and O–H groups in total. The molecule has 0 spiro atoms. The van der Waals surface area contributed by atoms with Gasteiger partial charge in [0, 0.05) is 47.9 Å². The van der Waals surface area contributed by atoms with Crippen LogP contribution in [0.1, 0.15) is 64.5 Å². The third kappa shape index (κ3) is 7.50. The van der Waals surface area contributed by atoms with Crippen molar-refractivity contribution >= 4 is 28.7 Å². The molecule has 1 aromatic carbocycles. The lowest BCUT2D eigenvalue weighted by Gasteiger charge is -2.48. The molecule has 0 atom stereocenters. The van der Waals surface area contributed by atoms with Crippen LogP contribution in [-0.2, 0) is 16.6 Å². The number of carbonyl (C=O) groups is 2. The topological polar surface area (TPSA) is 134 Å². The third-order valence-corrected chi connectivity index (χ3v) is 8.24. The fourth-order valence-corrected chi connectivity index (χ4v) is 5.92. The molecule has 3 aromatic rings. The van der Waals surface area contributed by atoms with Crippen molar-refractivity contribution < 1.29 is 32.6 Å². The molecule has 244 valence electrons. The molecule has 2 fully saturated rings. The molecule has 11 nitrogen and oxygen atoms in total. The molecule has 2 aliphatic rings. The van der Waals surface area contributed by atoms with Gasteiger partial charge in [-0.2, -0.15) is 17.9 Å². The summed E-state index contributed by atoms with van der Waals surface area (Å²) in [6.07, 6.45) is -0.0743. The summed E-state index contributed by atoms with van der Waals surface area (Å²) in [6.45, 7) is 8.85. The van der Waals surface area contributed by atoms with E-state index >= 15 is 0 Å². The molecule has 1 aliphatic carbocycles. The minimum atomic E-state index is -4.59. The number of ether oxygens (including phenoxy) is 1. The van der Waals surface area contributed by atoms with Crippen LogP contribution in [0.2, 0.25) is 0 Å². The minimum Gasteiger partial charge on any atom is -0.478 e. The van der Waals surface area contributed by atoms with Gasteiger partial charge in [0.05, 0.1) is 35.9 Å². The van der Waals surface area contributed by atoms with E-state index in [1.54, 1.807) is 33.0 Å². The Bertz CT molecular complexity index is 1520. The first-order valence-corrected chi connectivity index (χ1v) is 15.2. The van der Waals surface area contributed by atoms with Gasteiger partial charge in [-0.25, -0.2) is 9.78 Å². The van der Waals surface area contributed by atoms with Crippen molar-refractivity contribution in [2.75, 3.05) is 31.6 Å². The van der Waals surface area contributed by atoms with Gasteiger partial charge in [-0.3, -0.25) is 9.69 Å². The lowest BCUT2D eigenvalue weighted by molar-refractivity contribution is -0.137. The highest BCUT2D eigenvalue weighted by Gasteiger charge is 2.40. The van der Waals surface area contributed by atoms with Crippen LogP contribution in [0.5, 0.6) is 5.88 Å². The summed E-state index contributed by atoms with van der Waals surface area (Å²) in [5, 5.41) is 24.0. The Morgan fingerprint density at radius 1 is 1.11 bits per heavy atom. The second-order valence-electron chi connectivity index (χ2n) is 12.8. The average molecular weight is 632 g/mol. The van der Waals surface area contributed by atoms with E-state index in [0.29, 0.717) is 44.5 Å². The van der Waals surface area contributed by atoms with Crippen LogP contribution in [0.3, 0.4) is 0 Å². The average Bonchev–Trinajstić information content (AvgIpc) is 3.32. The van der Waals surface area contributed by atoms with Gasteiger partial charge in [0.2, 0.25) is 11.8 Å². The van der Waals surface area contributed by atoms with Crippen molar-refractivity contribution in [1.82, 2.24) is 30.3 Å². The Balaban J connectivity index is 1.14. The molecule has 2 aromatic heterocycles. The Morgan fingerprint density at radius 2 is 1.82 bits per heavy atom. The van der Waals surface area contributed by atoms with Gasteiger partial charge in [0.15, 0.2) is 5.82 Å². The summed E-state index contributed by atoms with van der Waals surface area (Å²) in [5.41, 5.74) is -1.44. The fraction of sp³-hybridized carbons (Fsp3) is 0.548. The number of hydrogen-bond acceptors (Lipinski definition) is 8. The number of aliphatic hydroxyl groups is 1. The molecule has 5 rings (SSSR count). The van der Waals surface area contributed by atoms with Crippen molar-refractivity contribution in [3.63, 3.8) is 0 Å². The summed E-state index contributed by atoms with van der Waals surface area (Å²) in [4.78, 5) is 32.2. The number of hydrogen-bond donors (Lipinski definition) is 4. The van der Waals surface area contributed by atoms with Gasteiger partial charge >= 0.3 is 12.2 Å². The second kappa shape index (κ2) is 12.5. The molecule has 2 amide bonds. The highest BCUT2D eigenvalue weighted by Crippen LogP contribution is 2.39. The first kappa shape index (κ1) is 32.5. The van der Waals surface area contributed by atoms with Crippen molar-refractivity contribution in [1.29, 1.82) is 0 Å². The number of pyridine rings is 1. The number of fused-ring (bicyclic) bond motifs is 1. The van der Waals surface area contributed by atoms with Crippen LogP contribution in [0.4, 0.5) is 23.8 Å². The second-order valence-corrected chi connectivity index (χ2v) is 12.8. The van der Waals surface area contributed by atoms with E-state index in [-0.39, 0.29) is 35.2 Å². The fourth-order valence-electron chi connectivity index (χ4n) is 5.92. The first-order chi connectivity index (χ1) is 21.1. The zero-order valence-electron chi connectivity index (χ0n) is 25.9. The zero-order chi connectivity index (χ0) is 32.6. The maximum atomic E-state index is 13.4. The molecule has 1 saturated carbocycles. The molecule has 3 heterocycles. The molecule has 0 unspecified atom stereocenters. The summed E-state index contributed by atoms with van der Waals surface area (Å²) >= 11 is 0. The van der Waals surface area contributed by atoms with Crippen molar-refractivity contribution in [2.45, 2.75) is 82.8 Å². The molecule has 0 radical (unpaired) electrons. The van der Waals surface area contributed by atoms with E-state index < -0.39 is 28.9 Å². The lowest BCUT2D eigenvalue weighted by atomic mass is 9.77.